The second kappa shape index (κ2) is 6.72. The molecule has 1 atom stereocenters. The van der Waals surface area contributed by atoms with Crippen molar-refractivity contribution in [1.82, 2.24) is 24.2 Å². The predicted octanol–water partition coefficient (Wildman–Crippen LogP) is 2.33. The van der Waals surface area contributed by atoms with Crippen LogP contribution in [0.25, 0.3) is 16.8 Å². The van der Waals surface area contributed by atoms with Gasteiger partial charge in [-0.1, -0.05) is 6.07 Å². The predicted molar refractivity (Wildman–Crippen MR) is 101 cm³/mol. The summed E-state index contributed by atoms with van der Waals surface area (Å²) in [6.07, 6.45) is 8.27. The van der Waals surface area contributed by atoms with Crippen LogP contribution in [0.2, 0.25) is 0 Å². The number of likely N-dealkylation sites (tertiary alicyclic amines) is 1. The maximum Gasteiger partial charge on any atom is 0.272 e. The molecule has 3 aromatic heterocycles. The number of rotatable bonds is 3. The Kier molecular flexibility index (Phi) is 4.24. The van der Waals surface area contributed by atoms with Gasteiger partial charge in [0, 0.05) is 43.8 Å². The van der Waals surface area contributed by atoms with E-state index in [-0.39, 0.29) is 11.9 Å². The molecule has 0 radical (unpaired) electrons. The zero-order valence-electron chi connectivity index (χ0n) is 15.3. The summed E-state index contributed by atoms with van der Waals surface area (Å²) in [5, 5.41) is 9.02. The zero-order valence-corrected chi connectivity index (χ0v) is 15.3. The first-order valence-corrected chi connectivity index (χ1v) is 8.89. The fourth-order valence-electron chi connectivity index (χ4n) is 3.45. The lowest BCUT2D eigenvalue weighted by Crippen LogP contribution is -2.39. The average molecular weight is 360 g/mol. The third-order valence-electron chi connectivity index (χ3n) is 5.15. The van der Waals surface area contributed by atoms with Crippen LogP contribution in [-0.2, 0) is 0 Å². The van der Waals surface area contributed by atoms with Gasteiger partial charge in [-0.05, 0) is 37.1 Å². The largest absolute Gasteiger partial charge is 0.336 e. The van der Waals surface area contributed by atoms with Crippen molar-refractivity contribution in [3.8, 4) is 17.3 Å². The Bertz CT molecular complexity index is 1030. The van der Waals surface area contributed by atoms with Crippen molar-refractivity contribution in [1.29, 1.82) is 5.26 Å². The molecule has 1 amide bonds. The lowest BCUT2D eigenvalue weighted by atomic mass is 10.1. The minimum atomic E-state index is -0.0861. The van der Waals surface area contributed by atoms with Gasteiger partial charge in [-0.3, -0.25) is 14.2 Å². The van der Waals surface area contributed by atoms with Crippen molar-refractivity contribution in [3.05, 3.63) is 54.2 Å². The normalized spacial score (nSPS) is 16.5. The number of carbonyl (C=O) groups is 1. The maximum atomic E-state index is 12.9. The van der Waals surface area contributed by atoms with Crippen molar-refractivity contribution in [2.75, 3.05) is 20.1 Å². The number of fused-ring (bicyclic) bond motifs is 1. The van der Waals surface area contributed by atoms with Crippen molar-refractivity contribution in [3.63, 3.8) is 0 Å². The van der Waals surface area contributed by atoms with E-state index in [1.165, 1.54) is 0 Å². The molecule has 0 aromatic carbocycles. The van der Waals surface area contributed by atoms with E-state index in [0.717, 1.165) is 28.9 Å². The van der Waals surface area contributed by atoms with Gasteiger partial charge in [0.2, 0.25) is 0 Å². The monoisotopic (exact) mass is 360 g/mol. The second-order valence-corrected chi connectivity index (χ2v) is 6.88. The molecule has 1 aliphatic rings. The Balaban J connectivity index is 1.61. The molecule has 1 unspecified atom stereocenters. The molecule has 27 heavy (non-hydrogen) atoms. The van der Waals surface area contributed by atoms with E-state index in [1.807, 2.05) is 43.6 Å². The van der Waals surface area contributed by atoms with E-state index < -0.39 is 0 Å². The average Bonchev–Trinajstić information content (AvgIpc) is 3.34. The number of pyridine rings is 2. The van der Waals surface area contributed by atoms with E-state index in [0.29, 0.717) is 18.8 Å². The van der Waals surface area contributed by atoms with Gasteiger partial charge in [0.05, 0.1) is 12.2 Å². The summed E-state index contributed by atoms with van der Waals surface area (Å²) < 4.78 is 1.81. The van der Waals surface area contributed by atoms with E-state index in [9.17, 15) is 4.79 Å². The molecule has 0 saturated carbocycles. The van der Waals surface area contributed by atoms with Crippen molar-refractivity contribution in [2.24, 2.45) is 0 Å². The quantitative estimate of drug-likeness (QED) is 0.670. The molecule has 1 fully saturated rings. The molecule has 0 N–H and O–H groups in total. The molecule has 3 aromatic rings. The standard InChI is InChI=1S/C20H20N6O/c1-14-3-4-16(10-22-14)15-5-8-26-18(11-23-19(26)9-15)20(27)24(2)17-6-7-25(12-17)13-21/h3-5,8-11,17H,6-7,12H2,1-2H3. The molecule has 7 heteroatoms. The van der Waals surface area contributed by atoms with Gasteiger partial charge in [-0.15, -0.1) is 0 Å². The number of nitriles is 1. The summed E-state index contributed by atoms with van der Waals surface area (Å²) >= 11 is 0. The lowest BCUT2D eigenvalue weighted by molar-refractivity contribution is 0.0732. The zero-order chi connectivity index (χ0) is 19.0. The lowest BCUT2D eigenvalue weighted by Gasteiger charge is -2.23. The third kappa shape index (κ3) is 3.10. The van der Waals surface area contributed by atoms with Crippen molar-refractivity contribution in [2.45, 2.75) is 19.4 Å². The molecule has 0 bridgehead atoms. The van der Waals surface area contributed by atoms with Crippen LogP contribution in [-0.4, -0.2) is 56.3 Å². The highest BCUT2D eigenvalue weighted by atomic mass is 16.2. The first-order chi connectivity index (χ1) is 13.1. The van der Waals surface area contributed by atoms with Crippen LogP contribution in [0.1, 0.15) is 22.6 Å². The number of hydrogen-bond acceptors (Lipinski definition) is 5. The molecule has 136 valence electrons. The van der Waals surface area contributed by atoms with E-state index >= 15 is 0 Å². The molecule has 1 aliphatic heterocycles. The van der Waals surface area contributed by atoms with E-state index in [2.05, 4.69) is 16.2 Å². The SMILES string of the molecule is Cc1ccc(-c2ccn3c(C(=O)N(C)C4CCN(C#N)C4)cnc3c2)cn1. The first-order valence-electron chi connectivity index (χ1n) is 8.89. The Morgan fingerprint density at radius 3 is 2.81 bits per heavy atom. The van der Waals surface area contributed by atoms with Gasteiger partial charge in [0.25, 0.3) is 5.91 Å². The number of aryl methyl sites for hydroxylation is 1. The van der Waals surface area contributed by atoms with Crippen LogP contribution in [0.4, 0.5) is 0 Å². The van der Waals surface area contributed by atoms with Crippen molar-refractivity contribution >= 4 is 11.6 Å². The number of aromatic nitrogens is 3. The number of imidazole rings is 1. The molecule has 4 rings (SSSR count). The molecule has 1 saturated heterocycles. The Labute approximate surface area is 157 Å². The number of hydrogen-bond donors (Lipinski definition) is 0. The number of nitrogens with zero attached hydrogens (tertiary/aromatic N) is 6. The third-order valence-corrected chi connectivity index (χ3v) is 5.15. The number of amides is 1. The summed E-state index contributed by atoms with van der Waals surface area (Å²) in [6, 6.07) is 7.96. The van der Waals surface area contributed by atoms with Crippen LogP contribution in [0, 0.1) is 18.4 Å². The van der Waals surface area contributed by atoms with Gasteiger partial charge in [0.1, 0.15) is 11.3 Å². The van der Waals surface area contributed by atoms with Crippen LogP contribution in [0.5, 0.6) is 0 Å². The highest BCUT2D eigenvalue weighted by molar-refractivity contribution is 5.93. The summed E-state index contributed by atoms with van der Waals surface area (Å²) in [5.74, 6) is -0.0861. The molecular formula is C20H20N6O. The minimum absolute atomic E-state index is 0.0422. The summed E-state index contributed by atoms with van der Waals surface area (Å²) in [5.41, 5.74) is 4.23. The van der Waals surface area contributed by atoms with Crippen LogP contribution < -0.4 is 0 Å². The Hall–Kier alpha value is -3.40. The maximum absolute atomic E-state index is 12.9. The highest BCUT2D eigenvalue weighted by Crippen LogP contribution is 2.22. The smallest absolute Gasteiger partial charge is 0.272 e. The van der Waals surface area contributed by atoms with Gasteiger partial charge in [-0.2, -0.15) is 5.26 Å². The van der Waals surface area contributed by atoms with Gasteiger partial charge in [0.15, 0.2) is 6.19 Å². The summed E-state index contributed by atoms with van der Waals surface area (Å²) in [7, 11) is 1.79. The minimum Gasteiger partial charge on any atom is -0.336 e. The molecule has 0 spiro atoms. The Morgan fingerprint density at radius 2 is 2.11 bits per heavy atom. The van der Waals surface area contributed by atoms with Crippen LogP contribution >= 0.6 is 0 Å². The summed E-state index contributed by atoms with van der Waals surface area (Å²) in [6.45, 7) is 3.23. The van der Waals surface area contributed by atoms with E-state index in [1.54, 1.807) is 27.4 Å². The Morgan fingerprint density at radius 1 is 1.26 bits per heavy atom. The topological polar surface area (TPSA) is 77.5 Å². The molecule has 7 nitrogen and oxygen atoms in total. The highest BCUT2D eigenvalue weighted by Gasteiger charge is 2.29. The van der Waals surface area contributed by atoms with E-state index in [4.69, 9.17) is 5.26 Å². The van der Waals surface area contributed by atoms with Gasteiger partial charge >= 0.3 is 0 Å². The van der Waals surface area contributed by atoms with Gasteiger partial charge < -0.3 is 9.80 Å². The van der Waals surface area contributed by atoms with Crippen LogP contribution in [0.3, 0.4) is 0 Å². The fraction of sp³-hybridized carbons (Fsp3) is 0.300. The first kappa shape index (κ1) is 17.0. The number of likely N-dealkylation sites (N-methyl/N-ethyl adjacent to an activating group) is 1. The molecule has 4 heterocycles. The van der Waals surface area contributed by atoms with Gasteiger partial charge in [-0.25, -0.2) is 4.98 Å². The second-order valence-electron chi connectivity index (χ2n) is 6.88. The molecule has 0 aliphatic carbocycles. The summed E-state index contributed by atoms with van der Waals surface area (Å²) in [4.78, 5) is 25.1. The van der Waals surface area contributed by atoms with Crippen molar-refractivity contribution < 1.29 is 4.79 Å². The number of carbonyl (C=O) groups excluding carboxylic acids is 1. The fourth-order valence-corrected chi connectivity index (χ4v) is 3.45. The molecular weight excluding hydrogens is 340 g/mol. The van der Waals surface area contributed by atoms with Crippen LogP contribution in [0.15, 0.2) is 42.9 Å².